The number of ether oxygens (including phenoxy) is 2. The third kappa shape index (κ3) is 5.90. The fourth-order valence-electron chi connectivity index (χ4n) is 3.43. The Morgan fingerprint density at radius 2 is 1.67 bits per heavy atom. The predicted molar refractivity (Wildman–Crippen MR) is 109 cm³/mol. The first kappa shape index (κ1) is 21.1. The molecule has 0 heterocycles. The molecule has 4 heteroatoms. The number of phenols is 1. The second-order valence-electron chi connectivity index (χ2n) is 6.72. The molecule has 4 nitrogen and oxygen atoms in total. The third-order valence-electron chi connectivity index (χ3n) is 4.72. The van der Waals surface area contributed by atoms with Crippen LogP contribution in [-0.2, 0) is 0 Å². The highest BCUT2D eigenvalue weighted by Gasteiger charge is 2.24. The van der Waals surface area contributed by atoms with Crippen molar-refractivity contribution in [3.05, 3.63) is 53.6 Å². The van der Waals surface area contributed by atoms with Crippen LogP contribution in [0.5, 0.6) is 17.2 Å². The van der Waals surface area contributed by atoms with Gasteiger partial charge in [0.15, 0.2) is 0 Å². The van der Waals surface area contributed by atoms with Crippen LogP contribution < -0.4 is 9.47 Å². The van der Waals surface area contributed by atoms with Gasteiger partial charge in [-0.3, -0.25) is 0 Å². The number of benzene rings is 2. The van der Waals surface area contributed by atoms with Gasteiger partial charge >= 0.3 is 0 Å². The van der Waals surface area contributed by atoms with Gasteiger partial charge in [0.1, 0.15) is 17.2 Å². The summed E-state index contributed by atoms with van der Waals surface area (Å²) in [6.45, 7) is 6.89. The lowest BCUT2D eigenvalue weighted by Crippen LogP contribution is -2.09. The van der Waals surface area contributed by atoms with Gasteiger partial charge in [-0.1, -0.05) is 50.1 Å². The zero-order valence-corrected chi connectivity index (χ0v) is 16.6. The Hall–Kier alpha value is -2.20. The molecule has 2 aromatic carbocycles. The molecule has 0 saturated heterocycles. The Bertz CT molecular complexity index is 684. The van der Waals surface area contributed by atoms with Crippen LogP contribution in [0.15, 0.2) is 42.5 Å². The Morgan fingerprint density at radius 3 is 2.30 bits per heavy atom. The maximum Gasteiger partial charge on any atom is 0.132 e. The van der Waals surface area contributed by atoms with Gasteiger partial charge < -0.3 is 19.7 Å². The molecule has 0 saturated carbocycles. The van der Waals surface area contributed by atoms with E-state index in [1.54, 1.807) is 12.1 Å². The molecule has 2 rings (SSSR count). The summed E-state index contributed by atoms with van der Waals surface area (Å²) in [5, 5.41) is 21.5. The number of hydrogen-bond donors (Lipinski definition) is 2. The number of hydrogen-bond acceptors (Lipinski definition) is 4. The number of unbranched alkanes of at least 4 members (excludes halogenated alkanes) is 1. The molecular formula is C23H32O4. The van der Waals surface area contributed by atoms with Crippen LogP contribution in [0.2, 0.25) is 0 Å². The van der Waals surface area contributed by atoms with Crippen LogP contribution >= 0.6 is 0 Å². The summed E-state index contributed by atoms with van der Waals surface area (Å²) in [6.07, 6.45) is 2.92. The van der Waals surface area contributed by atoms with Gasteiger partial charge in [0, 0.05) is 12.1 Å². The van der Waals surface area contributed by atoms with Crippen molar-refractivity contribution in [3.8, 4) is 17.2 Å². The summed E-state index contributed by atoms with van der Waals surface area (Å²) in [7, 11) is 0. The zero-order valence-electron chi connectivity index (χ0n) is 16.6. The van der Waals surface area contributed by atoms with Crippen LogP contribution in [0.4, 0.5) is 0 Å². The lowest BCUT2D eigenvalue weighted by molar-refractivity contribution is 0.146. The van der Waals surface area contributed by atoms with Crippen molar-refractivity contribution in [2.75, 3.05) is 13.2 Å². The summed E-state index contributed by atoms with van der Waals surface area (Å²) < 4.78 is 11.2. The Labute approximate surface area is 162 Å². The van der Waals surface area contributed by atoms with E-state index in [0.717, 1.165) is 19.3 Å². The highest BCUT2D eigenvalue weighted by molar-refractivity contribution is 5.51. The number of rotatable bonds is 11. The van der Waals surface area contributed by atoms with Crippen molar-refractivity contribution >= 4 is 0 Å². The minimum Gasteiger partial charge on any atom is -0.507 e. The highest BCUT2D eigenvalue weighted by Crippen LogP contribution is 2.42. The quantitative estimate of drug-likeness (QED) is 0.540. The van der Waals surface area contributed by atoms with Crippen LogP contribution in [0.1, 0.15) is 69.6 Å². The second kappa shape index (κ2) is 10.8. The van der Waals surface area contributed by atoms with E-state index in [2.05, 4.69) is 19.1 Å². The van der Waals surface area contributed by atoms with Crippen molar-refractivity contribution in [3.63, 3.8) is 0 Å². The third-order valence-corrected chi connectivity index (χ3v) is 4.72. The molecule has 0 aliphatic heterocycles. The number of phenolic OH excluding ortho intramolecular Hbond substituents is 1. The molecule has 2 atom stereocenters. The fourth-order valence-corrected chi connectivity index (χ4v) is 3.43. The van der Waals surface area contributed by atoms with Crippen molar-refractivity contribution in [1.82, 2.24) is 0 Å². The van der Waals surface area contributed by atoms with Crippen LogP contribution in [-0.4, -0.2) is 23.4 Å². The lowest BCUT2D eigenvalue weighted by Gasteiger charge is -2.23. The van der Waals surface area contributed by atoms with Gasteiger partial charge in [0.25, 0.3) is 0 Å². The topological polar surface area (TPSA) is 58.9 Å². The minimum atomic E-state index is -0.815. The molecule has 0 bridgehead atoms. The smallest absolute Gasteiger partial charge is 0.132 e. The Morgan fingerprint density at radius 1 is 0.963 bits per heavy atom. The van der Waals surface area contributed by atoms with Gasteiger partial charge in [-0.2, -0.15) is 0 Å². The number of aliphatic hydroxyl groups is 1. The summed E-state index contributed by atoms with van der Waals surface area (Å²) in [4.78, 5) is 0. The van der Waals surface area contributed by atoms with E-state index >= 15 is 0 Å². The summed E-state index contributed by atoms with van der Waals surface area (Å²) >= 11 is 0. The van der Waals surface area contributed by atoms with E-state index in [-0.39, 0.29) is 11.7 Å². The van der Waals surface area contributed by atoms with Gasteiger partial charge in [-0.15, -0.1) is 0 Å². The number of aliphatic hydroxyl groups excluding tert-OH is 1. The minimum absolute atomic E-state index is 0.0132. The largest absolute Gasteiger partial charge is 0.507 e. The van der Waals surface area contributed by atoms with Crippen molar-refractivity contribution < 1.29 is 19.7 Å². The molecule has 0 unspecified atom stereocenters. The molecular weight excluding hydrogens is 340 g/mol. The van der Waals surface area contributed by atoms with E-state index < -0.39 is 6.10 Å². The molecule has 27 heavy (non-hydrogen) atoms. The monoisotopic (exact) mass is 372 g/mol. The normalized spacial score (nSPS) is 13.2. The lowest BCUT2D eigenvalue weighted by atomic mass is 9.86. The molecule has 0 fully saturated rings. The summed E-state index contributed by atoms with van der Waals surface area (Å²) in [5.41, 5.74) is 1.66. The molecule has 2 N–H and O–H groups in total. The van der Waals surface area contributed by atoms with E-state index in [9.17, 15) is 10.2 Å². The van der Waals surface area contributed by atoms with E-state index in [4.69, 9.17) is 9.47 Å². The SMILES string of the molecule is CCCC[C@H](C[C@H](O)c1c(O)cc(OCC)cc1OCC)c1ccccc1. The van der Waals surface area contributed by atoms with Gasteiger partial charge in [0.2, 0.25) is 0 Å². The number of aromatic hydroxyl groups is 1. The molecule has 0 aliphatic rings. The van der Waals surface area contributed by atoms with Gasteiger partial charge in [-0.25, -0.2) is 0 Å². The second-order valence-corrected chi connectivity index (χ2v) is 6.72. The van der Waals surface area contributed by atoms with E-state index in [1.165, 1.54) is 5.56 Å². The van der Waals surface area contributed by atoms with E-state index in [1.807, 2.05) is 32.0 Å². The van der Waals surface area contributed by atoms with Crippen LogP contribution in [0.3, 0.4) is 0 Å². The molecule has 0 amide bonds. The Kier molecular flexibility index (Phi) is 8.46. The van der Waals surface area contributed by atoms with E-state index in [0.29, 0.717) is 36.7 Å². The molecule has 2 aromatic rings. The maximum atomic E-state index is 11.0. The van der Waals surface area contributed by atoms with Crippen LogP contribution in [0.25, 0.3) is 0 Å². The summed E-state index contributed by atoms with van der Waals surface area (Å²) in [6, 6.07) is 13.6. The first-order valence-electron chi connectivity index (χ1n) is 9.96. The standard InChI is InChI=1S/C23H32O4/c1-4-7-11-18(17-12-9-8-10-13-17)14-20(24)23-21(25)15-19(26-5-2)16-22(23)27-6-3/h8-10,12-13,15-16,18,20,24-25H,4-7,11,14H2,1-3H3/t18-,20+/m1/s1. The van der Waals surface area contributed by atoms with Gasteiger partial charge in [0.05, 0.1) is 24.9 Å². The average Bonchev–Trinajstić information content (AvgIpc) is 2.66. The molecule has 0 radical (unpaired) electrons. The maximum absolute atomic E-state index is 11.0. The zero-order chi connectivity index (χ0) is 19.6. The molecule has 0 aromatic heterocycles. The first-order chi connectivity index (χ1) is 13.1. The predicted octanol–water partition coefficient (Wildman–Crippen LogP) is 5.59. The fraction of sp³-hybridized carbons (Fsp3) is 0.478. The van der Waals surface area contributed by atoms with Crippen molar-refractivity contribution in [2.24, 2.45) is 0 Å². The van der Waals surface area contributed by atoms with Crippen LogP contribution in [0, 0.1) is 0 Å². The average molecular weight is 373 g/mol. The highest BCUT2D eigenvalue weighted by atomic mass is 16.5. The Balaban J connectivity index is 2.29. The van der Waals surface area contributed by atoms with Crippen molar-refractivity contribution in [1.29, 1.82) is 0 Å². The first-order valence-corrected chi connectivity index (χ1v) is 9.96. The molecule has 0 aliphatic carbocycles. The summed E-state index contributed by atoms with van der Waals surface area (Å²) in [5.74, 6) is 1.26. The van der Waals surface area contributed by atoms with Gasteiger partial charge in [-0.05, 0) is 38.2 Å². The molecule has 148 valence electrons. The van der Waals surface area contributed by atoms with Crippen molar-refractivity contribution in [2.45, 2.75) is 58.5 Å². The molecule has 0 spiro atoms.